The first-order valence-electron chi connectivity index (χ1n) is 11.0. The molecule has 2 aromatic carbocycles. The lowest BCUT2D eigenvalue weighted by atomic mass is 9.95. The summed E-state index contributed by atoms with van der Waals surface area (Å²) in [6, 6.07) is 9.44. The lowest BCUT2D eigenvalue weighted by molar-refractivity contribution is 0.0692. The molecule has 0 unspecified atom stereocenters. The van der Waals surface area contributed by atoms with Crippen molar-refractivity contribution in [2.45, 2.75) is 39.5 Å². The minimum Gasteiger partial charge on any atom is -0.335 e. The molecule has 0 aliphatic carbocycles. The molecule has 1 amide bonds. The van der Waals surface area contributed by atoms with Crippen LogP contribution in [0.25, 0.3) is 5.69 Å². The van der Waals surface area contributed by atoms with E-state index in [4.69, 9.17) is 0 Å². The Morgan fingerprint density at radius 1 is 0.818 bits per heavy atom. The summed E-state index contributed by atoms with van der Waals surface area (Å²) in [6.07, 6.45) is 1.60. The molecule has 3 aromatic rings. The average Bonchev–Trinajstić information content (AvgIpc) is 3.32. The Hall–Kier alpha value is -3.04. The van der Waals surface area contributed by atoms with E-state index >= 15 is 0 Å². The number of sulfonamides is 1. The van der Waals surface area contributed by atoms with E-state index in [1.165, 1.54) is 4.31 Å². The van der Waals surface area contributed by atoms with Crippen LogP contribution in [-0.2, 0) is 10.0 Å². The second-order valence-corrected chi connectivity index (χ2v) is 10.4. The largest absolute Gasteiger partial charge is 0.335 e. The molecule has 1 fully saturated rings. The Labute approximate surface area is 194 Å². The molecule has 1 aliphatic rings. The second-order valence-electron chi connectivity index (χ2n) is 8.53. The van der Waals surface area contributed by atoms with Crippen LogP contribution in [0.2, 0.25) is 0 Å². The molecule has 0 saturated carbocycles. The smallest absolute Gasteiger partial charge is 0.276 e. The first-order chi connectivity index (χ1) is 15.6. The van der Waals surface area contributed by atoms with Gasteiger partial charge >= 0.3 is 0 Å². The van der Waals surface area contributed by atoms with Gasteiger partial charge in [-0.3, -0.25) is 4.79 Å². The fourth-order valence-corrected chi connectivity index (χ4v) is 6.33. The Bertz CT molecular complexity index is 1280. The molecule has 1 saturated heterocycles. The summed E-state index contributed by atoms with van der Waals surface area (Å²) in [5.74, 6) is -0.247. The highest BCUT2D eigenvalue weighted by molar-refractivity contribution is 7.89. The summed E-state index contributed by atoms with van der Waals surface area (Å²) in [5, 5.41) is 8.08. The number of benzene rings is 2. The standard InChI is InChI=1S/C24H29N5O3S/c1-16-17(2)19(4)23(20(5)18(16)3)33(31,32)28-13-11-27(12-14-28)24(30)22-15-29(26-25-22)21-9-7-6-8-10-21/h6-10,15H,11-14H2,1-5H3. The van der Waals surface area contributed by atoms with Crippen molar-refractivity contribution in [1.29, 1.82) is 0 Å². The highest BCUT2D eigenvalue weighted by Crippen LogP contribution is 2.32. The third-order valence-corrected chi connectivity index (χ3v) is 8.96. The van der Waals surface area contributed by atoms with Crippen molar-refractivity contribution < 1.29 is 13.2 Å². The van der Waals surface area contributed by atoms with Crippen molar-refractivity contribution in [3.8, 4) is 5.69 Å². The van der Waals surface area contributed by atoms with E-state index in [-0.39, 0.29) is 24.7 Å². The zero-order valence-corrected chi connectivity index (χ0v) is 20.5. The van der Waals surface area contributed by atoms with Gasteiger partial charge in [-0.25, -0.2) is 13.1 Å². The highest BCUT2D eigenvalue weighted by atomic mass is 32.2. The summed E-state index contributed by atoms with van der Waals surface area (Å²) >= 11 is 0. The normalized spacial score (nSPS) is 15.1. The Balaban J connectivity index is 1.50. The van der Waals surface area contributed by atoms with Crippen LogP contribution in [0.1, 0.15) is 38.3 Å². The van der Waals surface area contributed by atoms with Gasteiger partial charge in [0.05, 0.1) is 16.8 Å². The van der Waals surface area contributed by atoms with Gasteiger partial charge in [-0.2, -0.15) is 4.31 Å². The summed E-state index contributed by atoms with van der Waals surface area (Å²) in [4.78, 5) is 15.0. The monoisotopic (exact) mass is 467 g/mol. The third kappa shape index (κ3) is 4.06. The van der Waals surface area contributed by atoms with Crippen LogP contribution in [0.4, 0.5) is 0 Å². The van der Waals surface area contributed by atoms with E-state index in [9.17, 15) is 13.2 Å². The summed E-state index contributed by atoms with van der Waals surface area (Å²) in [5.41, 5.74) is 5.79. The predicted molar refractivity (Wildman–Crippen MR) is 126 cm³/mol. The number of carbonyl (C=O) groups is 1. The molecule has 0 N–H and O–H groups in total. The molecular weight excluding hydrogens is 438 g/mol. The number of para-hydroxylation sites is 1. The van der Waals surface area contributed by atoms with Crippen LogP contribution in [0.15, 0.2) is 41.4 Å². The molecule has 0 atom stereocenters. The molecule has 0 spiro atoms. The number of hydrogen-bond acceptors (Lipinski definition) is 5. The van der Waals surface area contributed by atoms with Crippen molar-refractivity contribution in [2.24, 2.45) is 0 Å². The fourth-order valence-electron chi connectivity index (χ4n) is 4.34. The second kappa shape index (κ2) is 8.72. The minimum atomic E-state index is -3.67. The molecule has 4 rings (SSSR count). The topological polar surface area (TPSA) is 88.4 Å². The molecule has 8 nitrogen and oxygen atoms in total. The molecule has 0 bridgehead atoms. The maximum Gasteiger partial charge on any atom is 0.276 e. The molecule has 9 heteroatoms. The van der Waals surface area contributed by atoms with E-state index in [2.05, 4.69) is 10.3 Å². The summed E-state index contributed by atoms with van der Waals surface area (Å²) in [6.45, 7) is 10.8. The van der Waals surface area contributed by atoms with Crippen molar-refractivity contribution in [2.75, 3.05) is 26.2 Å². The molecule has 33 heavy (non-hydrogen) atoms. The third-order valence-electron chi connectivity index (χ3n) is 6.79. The van der Waals surface area contributed by atoms with Gasteiger partial charge in [0, 0.05) is 26.2 Å². The van der Waals surface area contributed by atoms with Crippen LogP contribution in [-0.4, -0.2) is 64.7 Å². The Morgan fingerprint density at radius 2 is 1.36 bits per heavy atom. The van der Waals surface area contributed by atoms with Crippen molar-refractivity contribution >= 4 is 15.9 Å². The number of amides is 1. The number of aromatic nitrogens is 3. The van der Waals surface area contributed by atoms with Crippen LogP contribution in [0, 0.1) is 34.6 Å². The minimum absolute atomic E-state index is 0.242. The molecule has 1 aliphatic heterocycles. The molecule has 2 heterocycles. The van der Waals surface area contributed by atoms with Gasteiger partial charge in [0.15, 0.2) is 5.69 Å². The highest BCUT2D eigenvalue weighted by Gasteiger charge is 2.34. The summed E-state index contributed by atoms with van der Waals surface area (Å²) < 4.78 is 30.1. The quantitative estimate of drug-likeness (QED) is 0.589. The molecule has 0 radical (unpaired) electrons. The van der Waals surface area contributed by atoms with E-state index < -0.39 is 10.0 Å². The number of rotatable bonds is 4. The van der Waals surface area contributed by atoms with Crippen molar-refractivity contribution in [1.82, 2.24) is 24.2 Å². The van der Waals surface area contributed by atoms with E-state index in [0.717, 1.165) is 33.5 Å². The average molecular weight is 468 g/mol. The van der Waals surface area contributed by atoms with Crippen LogP contribution in [0.5, 0.6) is 0 Å². The van der Waals surface area contributed by atoms with Gasteiger partial charge in [0.25, 0.3) is 5.91 Å². The predicted octanol–water partition coefficient (Wildman–Crippen LogP) is 2.96. The molecular formula is C24H29N5O3S. The number of piperazine rings is 1. The van der Waals surface area contributed by atoms with Gasteiger partial charge < -0.3 is 4.90 Å². The zero-order valence-electron chi connectivity index (χ0n) is 19.7. The number of nitrogens with zero attached hydrogens (tertiary/aromatic N) is 5. The lowest BCUT2D eigenvalue weighted by Gasteiger charge is -2.34. The van der Waals surface area contributed by atoms with Gasteiger partial charge in [0.2, 0.25) is 10.0 Å². The van der Waals surface area contributed by atoms with Crippen molar-refractivity contribution in [3.63, 3.8) is 0 Å². The van der Waals surface area contributed by atoms with E-state index in [1.807, 2.05) is 65.0 Å². The maximum atomic E-state index is 13.5. The number of hydrogen-bond donors (Lipinski definition) is 0. The van der Waals surface area contributed by atoms with E-state index in [1.54, 1.807) is 15.8 Å². The lowest BCUT2D eigenvalue weighted by Crippen LogP contribution is -2.50. The van der Waals surface area contributed by atoms with E-state index in [0.29, 0.717) is 18.0 Å². The van der Waals surface area contributed by atoms with Crippen LogP contribution in [0.3, 0.4) is 0 Å². The van der Waals surface area contributed by atoms with Crippen LogP contribution < -0.4 is 0 Å². The molecule has 174 valence electrons. The first-order valence-corrected chi connectivity index (χ1v) is 12.4. The Morgan fingerprint density at radius 3 is 1.94 bits per heavy atom. The first kappa shape index (κ1) is 23.1. The van der Waals surface area contributed by atoms with Gasteiger partial charge in [0.1, 0.15) is 0 Å². The van der Waals surface area contributed by atoms with Gasteiger partial charge in [-0.05, 0) is 74.6 Å². The zero-order chi connectivity index (χ0) is 23.9. The number of carbonyl (C=O) groups excluding carboxylic acids is 1. The van der Waals surface area contributed by atoms with Crippen LogP contribution >= 0.6 is 0 Å². The maximum absolute atomic E-state index is 13.5. The fraction of sp³-hybridized carbons (Fsp3) is 0.375. The van der Waals surface area contributed by atoms with Crippen molar-refractivity contribution in [3.05, 3.63) is 70.0 Å². The Kier molecular flexibility index (Phi) is 6.11. The SMILES string of the molecule is Cc1c(C)c(C)c(S(=O)(=O)N2CCN(C(=O)c3cn(-c4ccccc4)nn3)CC2)c(C)c1C. The van der Waals surface area contributed by atoms with Gasteiger partial charge in [-0.15, -0.1) is 5.10 Å². The van der Waals surface area contributed by atoms with Gasteiger partial charge in [-0.1, -0.05) is 23.4 Å². The molecule has 1 aromatic heterocycles. The summed E-state index contributed by atoms with van der Waals surface area (Å²) in [7, 11) is -3.67.